The van der Waals surface area contributed by atoms with Crippen molar-refractivity contribution in [1.29, 1.82) is 0 Å². The lowest BCUT2D eigenvalue weighted by molar-refractivity contribution is -0.138. The number of nitrogens with zero attached hydrogens (tertiary/aromatic N) is 1. The molecule has 0 saturated carbocycles. The number of hydrogen-bond donors (Lipinski definition) is 0. The molecule has 0 amide bonds. The van der Waals surface area contributed by atoms with Gasteiger partial charge >= 0.3 is 5.97 Å². The monoisotopic (exact) mass is 483 g/mol. The molecule has 0 aliphatic carbocycles. The van der Waals surface area contributed by atoms with Crippen LogP contribution in [0.2, 0.25) is 0 Å². The van der Waals surface area contributed by atoms with Crippen LogP contribution in [0.3, 0.4) is 0 Å². The largest absolute Gasteiger partial charge is 0.494 e. The number of aromatic nitrogens is 1. The maximum absolute atomic E-state index is 14.1. The fraction of sp³-hybridized carbons (Fsp3) is 0.414. The van der Waals surface area contributed by atoms with Crippen LogP contribution in [-0.4, -0.2) is 29.7 Å². The number of esters is 1. The van der Waals surface area contributed by atoms with Crippen LogP contribution in [0.1, 0.15) is 51.9 Å². The van der Waals surface area contributed by atoms with Crippen molar-refractivity contribution >= 4 is 16.9 Å². The van der Waals surface area contributed by atoms with Gasteiger partial charge < -0.3 is 14.0 Å². The molecule has 0 atom stereocenters. The highest BCUT2D eigenvalue weighted by molar-refractivity contribution is 5.88. The zero-order valence-corrected chi connectivity index (χ0v) is 20.5. The van der Waals surface area contributed by atoms with Crippen molar-refractivity contribution in [3.05, 3.63) is 67.3 Å². The number of carbonyl (C=O) groups excluding carboxylic acids is 1. The first-order chi connectivity index (χ1) is 16.9. The number of alkyl halides is 2. The van der Waals surface area contributed by atoms with Gasteiger partial charge in [0.05, 0.1) is 18.7 Å². The molecule has 35 heavy (non-hydrogen) atoms. The Labute approximate surface area is 206 Å². The summed E-state index contributed by atoms with van der Waals surface area (Å²) >= 11 is 0. The maximum Gasteiger partial charge on any atom is 0.330 e. The molecule has 188 valence electrons. The molecule has 0 saturated heterocycles. The molecule has 0 spiro atoms. The number of rotatable bonds is 15. The highest BCUT2D eigenvalue weighted by Gasteiger charge is 2.27. The van der Waals surface area contributed by atoms with Crippen molar-refractivity contribution in [2.24, 2.45) is 0 Å². The third kappa shape index (κ3) is 7.94. The molecule has 0 N–H and O–H groups in total. The van der Waals surface area contributed by atoms with Gasteiger partial charge in [0.2, 0.25) is 5.92 Å². The van der Waals surface area contributed by atoms with Crippen molar-refractivity contribution in [2.75, 3.05) is 13.2 Å². The standard InChI is InChI=1S/C29H35F2NO3/c1-3-5-9-18-32-26(23-12-7-6-8-13-23)21-24-14-15-25(22-27(24)32)34-19-10-16-29(30,31)17-11-20-35-28(33)4-2/h4,6-8,12-15,21-22H,2-3,5,9-11,16-20H2,1H3. The molecule has 3 rings (SSSR count). The van der Waals surface area contributed by atoms with Gasteiger partial charge in [0, 0.05) is 42.6 Å². The third-order valence-corrected chi connectivity index (χ3v) is 5.98. The molecule has 0 fully saturated rings. The van der Waals surface area contributed by atoms with Crippen molar-refractivity contribution < 1.29 is 23.0 Å². The Morgan fingerprint density at radius 2 is 1.74 bits per heavy atom. The predicted octanol–water partition coefficient (Wildman–Crippen LogP) is 7.80. The Bertz CT molecular complexity index is 1090. The van der Waals surface area contributed by atoms with E-state index in [9.17, 15) is 13.6 Å². The Morgan fingerprint density at radius 3 is 2.46 bits per heavy atom. The van der Waals surface area contributed by atoms with E-state index in [1.54, 1.807) is 0 Å². The van der Waals surface area contributed by atoms with Gasteiger partial charge in [-0.15, -0.1) is 0 Å². The number of halogens is 2. The van der Waals surface area contributed by atoms with E-state index in [-0.39, 0.29) is 38.9 Å². The van der Waals surface area contributed by atoms with Crippen LogP contribution >= 0.6 is 0 Å². The predicted molar refractivity (Wildman–Crippen MR) is 137 cm³/mol. The molecule has 0 aliphatic heterocycles. The Kier molecular flexibility index (Phi) is 9.88. The third-order valence-electron chi connectivity index (χ3n) is 5.98. The number of fused-ring (bicyclic) bond motifs is 1. The molecule has 0 aliphatic rings. The quantitative estimate of drug-likeness (QED) is 0.126. The second-order valence-corrected chi connectivity index (χ2v) is 8.76. The first-order valence-corrected chi connectivity index (χ1v) is 12.4. The van der Waals surface area contributed by atoms with E-state index in [1.165, 1.54) is 11.3 Å². The van der Waals surface area contributed by atoms with Crippen LogP contribution < -0.4 is 4.74 Å². The molecule has 4 nitrogen and oxygen atoms in total. The zero-order valence-electron chi connectivity index (χ0n) is 20.5. The highest BCUT2D eigenvalue weighted by atomic mass is 19.3. The minimum absolute atomic E-state index is 0.0279. The first kappa shape index (κ1) is 26.5. The van der Waals surface area contributed by atoms with Crippen LogP contribution in [0, 0.1) is 0 Å². The summed E-state index contributed by atoms with van der Waals surface area (Å²) in [5.74, 6) is -2.72. The molecule has 0 radical (unpaired) electrons. The SMILES string of the molecule is C=CC(=O)OCCCC(F)(F)CCCOc1ccc2cc(-c3ccccc3)n(CCCCC)c2c1. The number of hydrogen-bond acceptors (Lipinski definition) is 3. The Balaban J connectivity index is 1.60. The van der Waals surface area contributed by atoms with Crippen molar-refractivity contribution in [2.45, 2.75) is 64.3 Å². The second kappa shape index (κ2) is 13.1. The smallest absolute Gasteiger partial charge is 0.330 e. The summed E-state index contributed by atoms with van der Waals surface area (Å²) in [6, 6.07) is 18.5. The van der Waals surface area contributed by atoms with Crippen LogP contribution in [0.4, 0.5) is 8.78 Å². The van der Waals surface area contributed by atoms with Gasteiger partial charge in [-0.05, 0) is 43.0 Å². The Hall–Kier alpha value is -3.15. The van der Waals surface area contributed by atoms with Gasteiger partial charge in [-0.25, -0.2) is 13.6 Å². The molecular formula is C29H35F2NO3. The van der Waals surface area contributed by atoms with E-state index in [0.29, 0.717) is 5.75 Å². The maximum atomic E-state index is 14.1. The average Bonchev–Trinajstić information content (AvgIpc) is 3.23. The van der Waals surface area contributed by atoms with Gasteiger partial charge in [-0.3, -0.25) is 0 Å². The van der Waals surface area contributed by atoms with Crippen molar-refractivity contribution in [1.82, 2.24) is 4.57 Å². The number of ether oxygens (including phenoxy) is 2. The van der Waals surface area contributed by atoms with Gasteiger partial charge in [0.1, 0.15) is 5.75 Å². The number of aryl methyl sites for hydroxylation is 1. The lowest BCUT2D eigenvalue weighted by Crippen LogP contribution is -2.18. The van der Waals surface area contributed by atoms with Gasteiger partial charge in [0.15, 0.2) is 0 Å². The molecule has 2 aromatic carbocycles. The van der Waals surface area contributed by atoms with E-state index in [0.717, 1.165) is 42.8 Å². The second-order valence-electron chi connectivity index (χ2n) is 8.76. The van der Waals surface area contributed by atoms with E-state index in [4.69, 9.17) is 9.47 Å². The normalized spacial score (nSPS) is 11.5. The molecule has 1 heterocycles. The van der Waals surface area contributed by atoms with Crippen molar-refractivity contribution in [3.63, 3.8) is 0 Å². The molecular weight excluding hydrogens is 448 g/mol. The minimum atomic E-state index is -2.81. The van der Waals surface area contributed by atoms with E-state index in [1.807, 2.05) is 36.4 Å². The summed E-state index contributed by atoms with van der Waals surface area (Å²) in [6.45, 7) is 6.58. The molecule has 1 aromatic heterocycles. The van der Waals surface area contributed by atoms with Crippen LogP contribution in [0.5, 0.6) is 5.75 Å². The van der Waals surface area contributed by atoms with E-state index in [2.05, 4.69) is 36.3 Å². The molecule has 3 aromatic rings. The minimum Gasteiger partial charge on any atom is -0.494 e. The topological polar surface area (TPSA) is 40.5 Å². The summed E-state index contributed by atoms with van der Waals surface area (Å²) in [5.41, 5.74) is 3.44. The summed E-state index contributed by atoms with van der Waals surface area (Å²) in [4.78, 5) is 11.0. The van der Waals surface area contributed by atoms with Crippen LogP contribution in [-0.2, 0) is 16.1 Å². The summed E-state index contributed by atoms with van der Waals surface area (Å²) in [7, 11) is 0. The van der Waals surface area contributed by atoms with E-state index < -0.39 is 11.9 Å². The zero-order chi connectivity index (χ0) is 25.1. The van der Waals surface area contributed by atoms with Gasteiger partial charge in [-0.1, -0.05) is 56.7 Å². The summed E-state index contributed by atoms with van der Waals surface area (Å²) in [5, 5.41) is 1.14. The molecule has 0 unspecified atom stereocenters. The molecule has 0 bridgehead atoms. The molecule has 6 heteroatoms. The fourth-order valence-electron chi connectivity index (χ4n) is 4.14. The summed E-state index contributed by atoms with van der Waals surface area (Å²) in [6.07, 6.45) is 4.19. The van der Waals surface area contributed by atoms with E-state index >= 15 is 0 Å². The average molecular weight is 484 g/mol. The summed E-state index contributed by atoms with van der Waals surface area (Å²) < 4.78 is 41.2. The number of benzene rings is 2. The lowest BCUT2D eigenvalue weighted by atomic mass is 10.1. The highest BCUT2D eigenvalue weighted by Crippen LogP contribution is 2.32. The lowest BCUT2D eigenvalue weighted by Gasteiger charge is -2.16. The van der Waals surface area contributed by atoms with Gasteiger partial charge in [0.25, 0.3) is 0 Å². The fourth-order valence-corrected chi connectivity index (χ4v) is 4.14. The first-order valence-electron chi connectivity index (χ1n) is 12.4. The number of unbranched alkanes of at least 4 members (excludes halogenated alkanes) is 2. The van der Waals surface area contributed by atoms with Crippen molar-refractivity contribution in [3.8, 4) is 17.0 Å². The Morgan fingerprint density at radius 1 is 1.00 bits per heavy atom. The number of carbonyl (C=O) groups is 1. The van der Waals surface area contributed by atoms with Crippen LogP contribution in [0.25, 0.3) is 22.2 Å². The van der Waals surface area contributed by atoms with Gasteiger partial charge in [-0.2, -0.15) is 0 Å². The van der Waals surface area contributed by atoms with Crippen LogP contribution in [0.15, 0.2) is 67.3 Å².